The molecule has 0 heteroatoms. The molecule has 0 radical (unpaired) electrons. The van der Waals surface area contributed by atoms with Crippen LogP contribution in [0.15, 0.2) is 36.4 Å². The molecule has 2 bridgehead atoms. The van der Waals surface area contributed by atoms with Crippen molar-refractivity contribution in [3.05, 3.63) is 42.0 Å². The summed E-state index contributed by atoms with van der Waals surface area (Å²) >= 11 is 0. The molecule has 1 aromatic rings. The minimum atomic E-state index is 0.517. The molecule has 2 fully saturated rings. The highest BCUT2D eigenvalue weighted by molar-refractivity contribution is 5.49. The molecule has 3 rings (SSSR count). The molecule has 2 aliphatic carbocycles. The molecular formula is C18H24. The Bertz CT molecular complexity index is 454. The lowest BCUT2D eigenvalue weighted by molar-refractivity contribution is 0.124. The summed E-state index contributed by atoms with van der Waals surface area (Å²) in [6.07, 6.45) is 9.06. The van der Waals surface area contributed by atoms with Crippen molar-refractivity contribution in [3.8, 4) is 0 Å². The van der Waals surface area contributed by atoms with Crippen LogP contribution in [-0.2, 0) is 0 Å². The average molecular weight is 240 g/mol. The van der Waals surface area contributed by atoms with Gasteiger partial charge in [-0.2, -0.15) is 0 Å². The Morgan fingerprint density at radius 3 is 2.39 bits per heavy atom. The lowest BCUT2D eigenvalue weighted by Gasteiger charge is -2.38. The zero-order chi connectivity index (χ0) is 12.8. The molecule has 0 amide bonds. The fourth-order valence-electron chi connectivity index (χ4n) is 4.35. The van der Waals surface area contributed by atoms with Gasteiger partial charge >= 0.3 is 0 Å². The summed E-state index contributed by atoms with van der Waals surface area (Å²) in [4.78, 5) is 0. The van der Waals surface area contributed by atoms with Crippen LogP contribution in [-0.4, -0.2) is 0 Å². The van der Waals surface area contributed by atoms with Crippen LogP contribution in [0, 0.1) is 22.7 Å². The van der Waals surface area contributed by atoms with E-state index < -0.39 is 0 Å². The molecular weight excluding hydrogens is 216 g/mol. The Balaban J connectivity index is 1.82. The van der Waals surface area contributed by atoms with Gasteiger partial charge in [-0.1, -0.05) is 63.3 Å². The fourth-order valence-corrected chi connectivity index (χ4v) is 4.35. The standard InChI is InChI=1S/C18H24/c1-17(2)15-11-12-18(17,3)16(13-15)10-9-14-7-5-4-6-8-14/h4-10,15-16H,11-13H2,1-3H3. The van der Waals surface area contributed by atoms with Gasteiger partial charge in [0.25, 0.3) is 0 Å². The summed E-state index contributed by atoms with van der Waals surface area (Å²) in [6.45, 7) is 7.49. The summed E-state index contributed by atoms with van der Waals surface area (Å²) in [7, 11) is 0. The van der Waals surface area contributed by atoms with Gasteiger partial charge in [-0.25, -0.2) is 0 Å². The number of hydrogen-bond acceptors (Lipinski definition) is 0. The molecule has 1 aromatic carbocycles. The van der Waals surface area contributed by atoms with Crippen molar-refractivity contribution in [1.29, 1.82) is 0 Å². The second-order valence-corrected chi connectivity index (χ2v) is 6.99. The molecule has 0 N–H and O–H groups in total. The summed E-state index contributed by atoms with van der Waals surface area (Å²) in [5.74, 6) is 1.71. The Morgan fingerprint density at radius 1 is 1.11 bits per heavy atom. The van der Waals surface area contributed by atoms with Crippen molar-refractivity contribution in [2.75, 3.05) is 0 Å². The van der Waals surface area contributed by atoms with Crippen LogP contribution >= 0.6 is 0 Å². The molecule has 3 unspecified atom stereocenters. The van der Waals surface area contributed by atoms with Crippen LogP contribution in [0.2, 0.25) is 0 Å². The van der Waals surface area contributed by atoms with E-state index in [1.165, 1.54) is 24.8 Å². The van der Waals surface area contributed by atoms with Crippen LogP contribution < -0.4 is 0 Å². The van der Waals surface area contributed by atoms with E-state index in [0.29, 0.717) is 10.8 Å². The van der Waals surface area contributed by atoms with Crippen LogP contribution in [0.25, 0.3) is 6.08 Å². The number of fused-ring (bicyclic) bond motifs is 2. The Hall–Kier alpha value is -1.04. The van der Waals surface area contributed by atoms with Gasteiger partial charge in [0, 0.05) is 0 Å². The van der Waals surface area contributed by atoms with E-state index in [1.54, 1.807) is 0 Å². The number of rotatable bonds is 2. The predicted octanol–water partition coefficient (Wildman–Crippen LogP) is 5.16. The third-order valence-electron chi connectivity index (χ3n) is 6.18. The first-order valence-corrected chi connectivity index (χ1v) is 7.27. The summed E-state index contributed by atoms with van der Waals surface area (Å²) in [5, 5.41) is 0. The Kier molecular flexibility index (Phi) is 2.66. The maximum atomic E-state index is 2.51. The van der Waals surface area contributed by atoms with E-state index in [2.05, 4.69) is 63.3 Å². The van der Waals surface area contributed by atoms with Gasteiger partial charge in [0.15, 0.2) is 0 Å². The zero-order valence-electron chi connectivity index (χ0n) is 11.8. The molecule has 0 spiro atoms. The molecule has 0 heterocycles. The fraction of sp³-hybridized carbons (Fsp3) is 0.556. The second kappa shape index (κ2) is 3.98. The number of allylic oxidation sites excluding steroid dienone is 1. The minimum absolute atomic E-state index is 0.517. The van der Waals surface area contributed by atoms with Crippen molar-refractivity contribution in [3.63, 3.8) is 0 Å². The summed E-state index contributed by atoms with van der Waals surface area (Å²) < 4.78 is 0. The molecule has 0 nitrogen and oxygen atoms in total. The van der Waals surface area contributed by atoms with Crippen molar-refractivity contribution in [2.45, 2.75) is 40.0 Å². The first-order valence-electron chi connectivity index (χ1n) is 7.27. The van der Waals surface area contributed by atoms with Crippen molar-refractivity contribution < 1.29 is 0 Å². The molecule has 0 aliphatic heterocycles. The van der Waals surface area contributed by atoms with E-state index in [4.69, 9.17) is 0 Å². The third kappa shape index (κ3) is 1.58. The van der Waals surface area contributed by atoms with Crippen molar-refractivity contribution in [1.82, 2.24) is 0 Å². The number of hydrogen-bond donors (Lipinski definition) is 0. The molecule has 18 heavy (non-hydrogen) atoms. The van der Waals surface area contributed by atoms with Gasteiger partial charge in [0.2, 0.25) is 0 Å². The van der Waals surface area contributed by atoms with E-state index >= 15 is 0 Å². The summed E-state index contributed by atoms with van der Waals surface area (Å²) in [5.41, 5.74) is 2.38. The SMILES string of the molecule is CC1(C)C2CCC1(C)C(C=Cc1ccccc1)C2. The molecule has 3 atom stereocenters. The van der Waals surface area contributed by atoms with Gasteiger partial charge in [-0.15, -0.1) is 0 Å². The van der Waals surface area contributed by atoms with Gasteiger partial charge < -0.3 is 0 Å². The van der Waals surface area contributed by atoms with E-state index in [9.17, 15) is 0 Å². The zero-order valence-corrected chi connectivity index (χ0v) is 11.8. The van der Waals surface area contributed by atoms with Crippen LogP contribution in [0.3, 0.4) is 0 Å². The Labute approximate surface area is 111 Å². The van der Waals surface area contributed by atoms with Gasteiger partial charge in [-0.05, 0) is 47.5 Å². The van der Waals surface area contributed by atoms with Crippen LogP contribution in [0.5, 0.6) is 0 Å². The normalized spacial score (nSPS) is 37.5. The van der Waals surface area contributed by atoms with E-state index in [0.717, 1.165) is 11.8 Å². The first-order chi connectivity index (χ1) is 8.54. The monoisotopic (exact) mass is 240 g/mol. The first kappa shape index (κ1) is 12.0. The van der Waals surface area contributed by atoms with Gasteiger partial charge in [-0.3, -0.25) is 0 Å². The van der Waals surface area contributed by atoms with Crippen LogP contribution in [0.4, 0.5) is 0 Å². The topological polar surface area (TPSA) is 0 Å². The largest absolute Gasteiger partial charge is 0.0802 e. The molecule has 2 aliphatic rings. The molecule has 0 aromatic heterocycles. The lowest BCUT2D eigenvalue weighted by atomic mass is 9.66. The van der Waals surface area contributed by atoms with E-state index in [-0.39, 0.29) is 0 Å². The number of benzene rings is 1. The highest BCUT2D eigenvalue weighted by atomic mass is 14.6. The smallest absolute Gasteiger partial charge is 0.0168 e. The van der Waals surface area contributed by atoms with Gasteiger partial charge in [0.05, 0.1) is 0 Å². The quantitative estimate of drug-likeness (QED) is 0.669. The Morgan fingerprint density at radius 2 is 1.83 bits per heavy atom. The molecule has 96 valence electrons. The molecule has 2 saturated carbocycles. The minimum Gasteiger partial charge on any atom is -0.0802 e. The van der Waals surface area contributed by atoms with E-state index in [1.807, 2.05) is 0 Å². The maximum Gasteiger partial charge on any atom is -0.0168 e. The molecule has 0 saturated heterocycles. The maximum absolute atomic E-state index is 2.51. The summed E-state index contributed by atoms with van der Waals surface area (Å²) in [6, 6.07) is 10.7. The van der Waals surface area contributed by atoms with Crippen molar-refractivity contribution >= 4 is 6.08 Å². The highest BCUT2D eigenvalue weighted by Gasteiger charge is 2.60. The second-order valence-electron chi connectivity index (χ2n) is 6.99. The van der Waals surface area contributed by atoms with Crippen molar-refractivity contribution in [2.24, 2.45) is 22.7 Å². The third-order valence-corrected chi connectivity index (χ3v) is 6.18. The van der Waals surface area contributed by atoms with Crippen LogP contribution in [0.1, 0.15) is 45.6 Å². The average Bonchev–Trinajstić information content (AvgIpc) is 2.70. The lowest BCUT2D eigenvalue weighted by Crippen LogP contribution is -2.31. The predicted molar refractivity (Wildman–Crippen MR) is 78.2 cm³/mol. The van der Waals surface area contributed by atoms with Gasteiger partial charge in [0.1, 0.15) is 0 Å². The highest BCUT2D eigenvalue weighted by Crippen LogP contribution is 2.68.